The van der Waals surface area contributed by atoms with Gasteiger partial charge in [0.25, 0.3) is 0 Å². The standard InChI is InChI=1S/C13H18N4O/c1-11(6-7-14)17(2)10-13(18)16-9-12-5-3-4-8-15-12/h3-5,8,11H,6,9-10H2,1-2H3,(H,16,18)/t11-/m1/s1. The molecule has 0 aliphatic heterocycles. The van der Waals surface area contributed by atoms with Crippen LogP contribution in [0.1, 0.15) is 19.0 Å². The zero-order valence-electron chi connectivity index (χ0n) is 10.8. The molecule has 0 aromatic carbocycles. The maximum Gasteiger partial charge on any atom is 0.234 e. The van der Waals surface area contributed by atoms with Crippen molar-refractivity contribution in [2.45, 2.75) is 25.9 Å². The molecule has 0 saturated heterocycles. The number of nitrogens with one attached hydrogen (secondary N) is 1. The number of likely N-dealkylation sites (N-methyl/N-ethyl adjacent to an activating group) is 1. The van der Waals surface area contributed by atoms with Crippen LogP contribution in [0.3, 0.4) is 0 Å². The number of hydrogen-bond donors (Lipinski definition) is 1. The summed E-state index contributed by atoms with van der Waals surface area (Å²) in [6.07, 6.45) is 2.12. The van der Waals surface area contributed by atoms with E-state index in [0.717, 1.165) is 5.69 Å². The molecule has 1 aromatic rings. The molecule has 1 heterocycles. The molecule has 5 heteroatoms. The molecule has 1 amide bonds. The Hall–Kier alpha value is -1.93. The lowest BCUT2D eigenvalue weighted by Gasteiger charge is -2.21. The number of aromatic nitrogens is 1. The van der Waals surface area contributed by atoms with Crippen molar-refractivity contribution in [1.29, 1.82) is 5.26 Å². The third-order valence-corrected chi connectivity index (χ3v) is 2.72. The van der Waals surface area contributed by atoms with E-state index in [1.54, 1.807) is 6.20 Å². The van der Waals surface area contributed by atoms with E-state index in [9.17, 15) is 4.79 Å². The van der Waals surface area contributed by atoms with Gasteiger partial charge in [0.2, 0.25) is 5.91 Å². The van der Waals surface area contributed by atoms with Gasteiger partial charge in [0.05, 0.1) is 31.3 Å². The summed E-state index contributed by atoms with van der Waals surface area (Å²) in [5.74, 6) is -0.0621. The molecule has 0 aliphatic carbocycles. The summed E-state index contributed by atoms with van der Waals surface area (Å²) in [4.78, 5) is 17.7. The van der Waals surface area contributed by atoms with Gasteiger partial charge >= 0.3 is 0 Å². The first-order valence-corrected chi connectivity index (χ1v) is 5.87. The number of carbonyl (C=O) groups is 1. The maximum atomic E-state index is 11.7. The van der Waals surface area contributed by atoms with Crippen molar-refractivity contribution in [3.8, 4) is 6.07 Å². The smallest absolute Gasteiger partial charge is 0.234 e. The van der Waals surface area contributed by atoms with E-state index in [-0.39, 0.29) is 18.5 Å². The average Bonchev–Trinajstić information content (AvgIpc) is 2.38. The van der Waals surface area contributed by atoms with Crippen LogP contribution in [0, 0.1) is 11.3 Å². The number of hydrogen-bond acceptors (Lipinski definition) is 4. The number of amides is 1. The van der Waals surface area contributed by atoms with Crippen LogP contribution < -0.4 is 5.32 Å². The highest BCUT2D eigenvalue weighted by Gasteiger charge is 2.12. The molecule has 5 nitrogen and oxygen atoms in total. The molecule has 0 spiro atoms. The molecule has 18 heavy (non-hydrogen) atoms. The molecule has 0 unspecified atom stereocenters. The second-order valence-electron chi connectivity index (χ2n) is 4.22. The lowest BCUT2D eigenvalue weighted by atomic mass is 10.2. The Morgan fingerprint density at radius 3 is 3.00 bits per heavy atom. The molecule has 1 N–H and O–H groups in total. The van der Waals surface area contributed by atoms with E-state index in [1.807, 2.05) is 37.1 Å². The van der Waals surface area contributed by atoms with Crippen molar-refractivity contribution in [2.24, 2.45) is 0 Å². The van der Waals surface area contributed by atoms with Crippen LogP contribution >= 0.6 is 0 Å². The van der Waals surface area contributed by atoms with E-state index < -0.39 is 0 Å². The first kappa shape index (κ1) is 14.1. The Balaban J connectivity index is 2.32. The predicted octanol–water partition coefficient (Wildman–Crippen LogP) is 0.932. The van der Waals surface area contributed by atoms with E-state index >= 15 is 0 Å². The van der Waals surface area contributed by atoms with Crippen LogP contribution in [0.15, 0.2) is 24.4 Å². The first-order chi connectivity index (χ1) is 8.63. The molecule has 0 bridgehead atoms. The molecule has 1 aromatic heterocycles. The molecule has 1 atom stereocenters. The van der Waals surface area contributed by atoms with Crippen LogP contribution in [0.4, 0.5) is 0 Å². The summed E-state index contributed by atoms with van der Waals surface area (Å²) in [5, 5.41) is 11.4. The highest BCUT2D eigenvalue weighted by Crippen LogP contribution is 1.99. The summed E-state index contributed by atoms with van der Waals surface area (Å²) < 4.78 is 0. The fourth-order valence-electron chi connectivity index (χ4n) is 1.42. The molecular formula is C13H18N4O. The maximum absolute atomic E-state index is 11.7. The van der Waals surface area contributed by atoms with Crippen molar-refractivity contribution in [1.82, 2.24) is 15.2 Å². The van der Waals surface area contributed by atoms with E-state index in [4.69, 9.17) is 5.26 Å². The number of pyridine rings is 1. The van der Waals surface area contributed by atoms with Gasteiger partial charge in [-0.1, -0.05) is 6.07 Å². The molecule has 0 radical (unpaired) electrons. The normalized spacial score (nSPS) is 11.9. The summed E-state index contributed by atoms with van der Waals surface area (Å²) in [6.45, 7) is 2.64. The predicted molar refractivity (Wildman–Crippen MR) is 68.4 cm³/mol. The zero-order chi connectivity index (χ0) is 13.4. The number of nitriles is 1. The minimum absolute atomic E-state index is 0.0621. The van der Waals surface area contributed by atoms with Crippen LogP contribution in [0.2, 0.25) is 0 Å². The van der Waals surface area contributed by atoms with Crippen molar-refractivity contribution in [3.05, 3.63) is 30.1 Å². The van der Waals surface area contributed by atoms with Gasteiger partial charge in [0.15, 0.2) is 0 Å². The Morgan fingerprint density at radius 2 is 2.39 bits per heavy atom. The van der Waals surface area contributed by atoms with Gasteiger partial charge in [-0.25, -0.2) is 0 Å². The van der Waals surface area contributed by atoms with Crippen LogP contribution in [0.25, 0.3) is 0 Å². The lowest BCUT2D eigenvalue weighted by Crippen LogP contribution is -2.39. The molecule has 0 aliphatic rings. The third kappa shape index (κ3) is 4.93. The van der Waals surface area contributed by atoms with E-state index in [1.165, 1.54) is 0 Å². The number of carbonyl (C=O) groups excluding carboxylic acids is 1. The SMILES string of the molecule is C[C@H](CC#N)N(C)CC(=O)NCc1ccccn1. The topological polar surface area (TPSA) is 69.0 Å². The van der Waals surface area contributed by atoms with Gasteiger partial charge in [-0.05, 0) is 26.1 Å². The summed E-state index contributed by atoms with van der Waals surface area (Å²) in [7, 11) is 1.84. The summed E-state index contributed by atoms with van der Waals surface area (Å²) in [6, 6.07) is 7.76. The summed E-state index contributed by atoms with van der Waals surface area (Å²) in [5.41, 5.74) is 0.832. The van der Waals surface area contributed by atoms with Gasteiger partial charge < -0.3 is 5.32 Å². The van der Waals surface area contributed by atoms with E-state index in [2.05, 4.69) is 16.4 Å². The van der Waals surface area contributed by atoms with Gasteiger partial charge in [0.1, 0.15) is 0 Å². The fourth-order valence-corrected chi connectivity index (χ4v) is 1.42. The molecule has 96 valence electrons. The van der Waals surface area contributed by atoms with Crippen LogP contribution in [-0.2, 0) is 11.3 Å². The van der Waals surface area contributed by atoms with Crippen LogP contribution in [-0.4, -0.2) is 35.4 Å². The van der Waals surface area contributed by atoms with Crippen molar-refractivity contribution < 1.29 is 4.79 Å². The average molecular weight is 246 g/mol. The Bertz CT molecular complexity index is 413. The zero-order valence-corrected chi connectivity index (χ0v) is 10.8. The van der Waals surface area contributed by atoms with Gasteiger partial charge in [-0.15, -0.1) is 0 Å². The highest BCUT2D eigenvalue weighted by atomic mass is 16.2. The minimum Gasteiger partial charge on any atom is -0.349 e. The number of nitrogens with zero attached hydrogens (tertiary/aromatic N) is 3. The van der Waals surface area contributed by atoms with Crippen molar-refractivity contribution in [3.63, 3.8) is 0 Å². The Morgan fingerprint density at radius 1 is 1.61 bits per heavy atom. The van der Waals surface area contributed by atoms with E-state index in [0.29, 0.717) is 13.0 Å². The fraction of sp³-hybridized carbons (Fsp3) is 0.462. The first-order valence-electron chi connectivity index (χ1n) is 5.87. The molecule has 0 saturated carbocycles. The van der Waals surface area contributed by atoms with Crippen molar-refractivity contribution >= 4 is 5.91 Å². The van der Waals surface area contributed by atoms with Gasteiger partial charge in [-0.2, -0.15) is 5.26 Å². The second-order valence-corrected chi connectivity index (χ2v) is 4.22. The highest BCUT2D eigenvalue weighted by molar-refractivity contribution is 5.77. The minimum atomic E-state index is -0.0621. The van der Waals surface area contributed by atoms with Gasteiger partial charge in [-0.3, -0.25) is 14.7 Å². The number of rotatable bonds is 6. The molecular weight excluding hydrogens is 228 g/mol. The second kappa shape index (κ2) is 7.41. The Labute approximate surface area is 107 Å². The third-order valence-electron chi connectivity index (χ3n) is 2.72. The van der Waals surface area contributed by atoms with Gasteiger partial charge in [0, 0.05) is 12.2 Å². The van der Waals surface area contributed by atoms with Crippen molar-refractivity contribution in [2.75, 3.05) is 13.6 Å². The lowest BCUT2D eigenvalue weighted by molar-refractivity contribution is -0.122. The largest absolute Gasteiger partial charge is 0.349 e. The quantitative estimate of drug-likeness (QED) is 0.810. The Kier molecular flexibility index (Phi) is 5.81. The molecule has 1 rings (SSSR count). The monoisotopic (exact) mass is 246 g/mol. The molecule has 0 fully saturated rings. The van der Waals surface area contributed by atoms with Crippen LogP contribution in [0.5, 0.6) is 0 Å². The summed E-state index contributed by atoms with van der Waals surface area (Å²) >= 11 is 0.